The number of allylic oxidation sites excluding steroid dienone is 1. The molecule has 240 valence electrons. The van der Waals surface area contributed by atoms with Gasteiger partial charge in [-0.1, -0.05) is 103 Å². The topological polar surface area (TPSA) is 105 Å². The van der Waals surface area contributed by atoms with Gasteiger partial charge >= 0.3 is 11.9 Å². The number of benzene rings is 3. The van der Waals surface area contributed by atoms with E-state index in [-0.39, 0.29) is 38.5 Å². The van der Waals surface area contributed by atoms with Crippen LogP contribution in [0.4, 0.5) is 0 Å². The van der Waals surface area contributed by atoms with Gasteiger partial charge in [-0.3, -0.25) is 19.3 Å². The number of fused-ring (bicyclic) bond motifs is 1. The SMILES string of the molecule is O=C(OCc1ccccc1)[C@H]1C/C=C/CN(Cc2ccccc2)CC(=O)N2CCC[C@H]2C(=O)N[C@H](C(=O)OCc2ccccc2)C1. The minimum absolute atomic E-state index is 0.00821. The normalized spacial score (nSPS) is 21.8. The summed E-state index contributed by atoms with van der Waals surface area (Å²) in [6, 6.07) is 26.8. The Balaban J connectivity index is 1.38. The Hall–Kier alpha value is -4.76. The highest BCUT2D eigenvalue weighted by molar-refractivity contribution is 5.92. The second kappa shape index (κ2) is 16.5. The van der Waals surface area contributed by atoms with Crippen LogP contribution in [0.5, 0.6) is 0 Å². The first-order chi connectivity index (χ1) is 22.5. The van der Waals surface area contributed by atoms with Crippen LogP contribution in [0.15, 0.2) is 103 Å². The Bertz CT molecular complexity index is 1480. The highest BCUT2D eigenvalue weighted by atomic mass is 16.5. The Morgan fingerprint density at radius 3 is 1.98 bits per heavy atom. The van der Waals surface area contributed by atoms with Crippen LogP contribution in [-0.2, 0) is 48.4 Å². The van der Waals surface area contributed by atoms with Crippen LogP contribution in [0.3, 0.4) is 0 Å². The summed E-state index contributed by atoms with van der Waals surface area (Å²) >= 11 is 0. The molecule has 2 amide bonds. The predicted molar refractivity (Wildman–Crippen MR) is 173 cm³/mol. The molecule has 3 aromatic rings. The third-order valence-corrected chi connectivity index (χ3v) is 8.34. The van der Waals surface area contributed by atoms with Crippen LogP contribution < -0.4 is 5.32 Å². The van der Waals surface area contributed by atoms with Gasteiger partial charge in [0.2, 0.25) is 11.8 Å². The molecule has 46 heavy (non-hydrogen) atoms. The molecule has 0 aromatic heterocycles. The predicted octanol–water partition coefficient (Wildman–Crippen LogP) is 4.42. The zero-order chi connectivity index (χ0) is 32.1. The zero-order valence-electron chi connectivity index (χ0n) is 26.0. The maximum absolute atomic E-state index is 13.7. The van der Waals surface area contributed by atoms with E-state index >= 15 is 0 Å². The fourth-order valence-electron chi connectivity index (χ4n) is 5.86. The molecule has 2 aliphatic heterocycles. The number of esters is 2. The molecule has 0 spiro atoms. The van der Waals surface area contributed by atoms with Gasteiger partial charge in [0.1, 0.15) is 25.3 Å². The molecule has 0 aliphatic carbocycles. The number of nitrogens with one attached hydrogen (secondary N) is 1. The lowest BCUT2D eigenvalue weighted by Gasteiger charge is -2.30. The van der Waals surface area contributed by atoms with E-state index in [0.717, 1.165) is 16.7 Å². The van der Waals surface area contributed by atoms with E-state index < -0.39 is 35.8 Å². The van der Waals surface area contributed by atoms with Crippen LogP contribution in [0, 0.1) is 5.92 Å². The molecule has 0 saturated carbocycles. The number of rotatable bonds is 8. The van der Waals surface area contributed by atoms with Crippen LogP contribution in [-0.4, -0.2) is 65.3 Å². The zero-order valence-corrected chi connectivity index (χ0v) is 26.0. The highest BCUT2D eigenvalue weighted by Gasteiger charge is 2.38. The van der Waals surface area contributed by atoms with Crippen molar-refractivity contribution in [2.24, 2.45) is 5.92 Å². The smallest absolute Gasteiger partial charge is 0.328 e. The van der Waals surface area contributed by atoms with Crippen molar-refractivity contribution in [1.82, 2.24) is 15.1 Å². The fraction of sp³-hybridized carbons (Fsp3) is 0.351. The lowest BCUT2D eigenvalue weighted by Crippen LogP contribution is -2.53. The average Bonchev–Trinajstić information content (AvgIpc) is 3.59. The number of amides is 2. The quantitative estimate of drug-likeness (QED) is 0.293. The largest absolute Gasteiger partial charge is 0.461 e. The summed E-state index contributed by atoms with van der Waals surface area (Å²) < 4.78 is 11.3. The molecule has 1 N–H and O–H groups in total. The van der Waals surface area contributed by atoms with Crippen molar-refractivity contribution in [3.63, 3.8) is 0 Å². The van der Waals surface area contributed by atoms with Crippen LogP contribution in [0.1, 0.15) is 42.4 Å². The molecule has 1 fully saturated rings. The Kier molecular flexibility index (Phi) is 11.7. The van der Waals surface area contributed by atoms with E-state index in [1.165, 1.54) is 0 Å². The molecule has 0 radical (unpaired) electrons. The van der Waals surface area contributed by atoms with Crippen molar-refractivity contribution in [3.05, 3.63) is 120 Å². The Morgan fingerprint density at radius 1 is 0.761 bits per heavy atom. The summed E-state index contributed by atoms with van der Waals surface area (Å²) in [6.07, 6.45) is 5.28. The maximum atomic E-state index is 13.7. The van der Waals surface area contributed by atoms with Gasteiger partial charge in [0.15, 0.2) is 0 Å². The Labute approximate surface area is 270 Å². The molecule has 2 heterocycles. The first-order valence-corrected chi connectivity index (χ1v) is 15.9. The van der Waals surface area contributed by atoms with E-state index in [0.29, 0.717) is 32.5 Å². The molecular formula is C37H41N3O6. The van der Waals surface area contributed by atoms with E-state index in [1.54, 1.807) is 4.90 Å². The van der Waals surface area contributed by atoms with Gasteiger partial charge in [-0.25, -0.2) is 4.79 Å². The van der Waals surface area contributed by atoms with Crippen molar-refractivity contribution in [2.75, 3.05) is 19.6 Å². The van der Waals surface area contributed by atoms with E-state index in [4.69, 9.17) is 9.47 Å². The molecule has 9 nitrogen and oxygen atoms in total. The number of nitrogens with zero attached hydrogens (tertiary/aromatic N) is 2. The lowest BCUT2D eigenvalue weighted by molar-refractivity contribution is -0.154. The Morgan fingerprint density at radius 2 is 1.35 bits per heavy atom. The van der Waals surface area contributed by atoms with Crippen LogP contribution in [0.2, 0.25) is 0 Å². The van der Waals surface area contributed by atoms with Crippen LogP contribution in [0.25, 0.3) is 0 Å². The molecule has 3 aromatic carbocycles. The molecular weight excluding hydrogens is 582 g/mol. The number of carbonyl (C=O) groups is 4. The summed E-state index contributed by atoms with van der Waals surface area (Å²) in [5.41, 5.74) is 2.72. The fourth-order valence-corrected chi connectivity index (χ4v) is 5.86. The number of hydrogen-bond donors (Lipinski definition) is 1. The van der Waals surface area contributed by atoms with Crippen molar-refractivity contribution in [2.45, 2.75) is 57.5 Å². The molecule has 2 aliphatic rings. The van der Waals surface area contributed by atoms with Gasteiger partial charge in [0.05, 0.1) is 12.5 Å². The molecule has 5 rings (SSSR count). The van der Waals surface area contributed by atoms with Gasteiger partial charge < -0.3 is 19.7 Å². The van der Waals surface area contributed by atoms with E-state index in [9.17, 15) is 19.2 Å². The monoisotopic (exact) mass is 623 g/mol. The minimum atomic E-state index is -1.10. The molecule has 0 unspecified atom stereocenters. The number of ether oxygens (including phenoxy) is 2. The van der Waals surface area contributed by atoms with E-state index in [1.807, 2.05) is 108 Å². The molecule has 1 saturated heterocycles. The van der Waals surface area contributed by atoms with Gasteiger partial charge in [-0.05, 0) is 42.4 Å². The summed E-state index contributed by atoms with van der Waals surface area (Å²) in [6.45, 7) is 1.75. The highest BCUT2D eigenvalue weighted by Crippen LogP contribution is 2.22. The van der Waals surface area contributed by atoms with Crippen molar-refractivity contribution in [1.29, 1.82) is 0 Å². The van der Waals surface area contributed by atoms with Gasteiger partial charge in [0.25, 0.3) is 0 Å². The number of hydrogen-bond acceptors (Lipinski definition) is 7. The summed E-state index contributed by atoms with van der Waals surface area (Å²) in [4.78, 5) is 57.9. The van der Waals surface area contributed by atoms with Gasteiger partial charge in [-0.2, -0.15) is 0 Å². The minimum Gasteiger partial charge on any atom is -0.461 e. The standard InChI is InChI=1S/C37H41N3O6/c41-34-25-39(24-28-13-4-1-5-14-28)21-11-10-19-31(36(43)45-26-29-15-6-2-7-16-29)23-32(38-35(42)33-20-12-22-40(33)34)37(44)46-27-30-17-8-3-9-18-30/h1-11,13-18,31-33H,12,19-27H2,(H,38,42)/b11-10+/t31-,32-,33-/m0/s1. The summed E-state index contributed by atoms with van der Waals surface area (Å²) in [5.74, 6) is -2.38. The van der Waals surface area contributed by atoms with Crippen LogP contribution >= 0.6 is 0 Å². The lowest BCUT2D eigenvalue weighted by atomic mass is 9.95. The molecule has 9 heteroatoms. The third-order valence-electron chi connectivity index (χ3n) is 8.34. The number of carbonyl (C=O) groups excluding carboxylic acids is 4. The molecule has 0 bridgehead atoms. The summed E-state index contributed by atoms with van der Waals surface area (Å²) in [7, 11) is 0. The van der Waals surface area contributed by atoms with Crippen molar-refractivity contribution < 1.29 is 28.7 Å². The summed E-state index contributed by atoms with van der Waals surface area (Å²) in [5, 5.41) is 2.86. The van der Waals surface area contributed by atoms with Crippen molar-refractivity contribution in [3.8, 4) is 0 Å². The second-order valence-electron chi connectivity index (χ2n) is 11.8. The molecule has 3 atom stereocenters. The first-order valence-electron chi connectivity index (χ1n) is 15.9. The maximum Gasteiger partial charge on any atom is 0.328 e. The van der Waals surface area contributed by atoms with E-state index in [2.05, 4.69) is 5.32 Å². The first kappa shape index (κ1) is 32.6. The van der Waals surface area contributed by atoms with Gasteiger partial charge in [-0.15, -0.1) is 0 Å². The third kappa shape index (κ3) is 9.37. The van der Waals surface area contributed by atoms with Crippen molar-refractivity contribution >= 4 is 23.8 Å². The second-order valence-corrected chi connectivity index (χ2v) is 11.8. The average molecular weight is 624 g/mol. The van der Waals surface area contributed by atoms with Gasteiger partial charge in [0, 0.05) is 19.6 Å².